The Labute approximate surface area is 118 Å². The van der Waals surface area contributed by atoms with E-state index in [1.165, 1.54) is 5.56 Å². The van der Waals surface area contributed by atoms with Gasteiger partial charge < -0.3 is 9.84 Å². The molecule has 3 heteroatoms. The summed E-state index contributed by atoms with van der Waals surface area (Å²) in [4.78, 5) is 11.2. The van der Waals surface area contributed by atoms with Crippen molar-refractivity contribution >= 4 is 5.97 Å². The maximum atomic E-state index is 11.2. The number of aromatic carboxylic acids is 1. The van der Waals surface area contributed by atoms with Gasteiger partial charge in [-0.2, -0.15) is 0 Å². The van der Waals surface area contributed by atoms with Gasteiger partial charge in [-0.05, 0) is 44.0 Å². The van der Waals surface area contributed by atoms with Crippen LogP contribution in [0.15, 0.2) is 36.4 Å². The topological polar surface area (TPSA) is 46.5 Å². The molecule has 0 heterocycles. The van der Waals surface area contributed by atoms with E-state index in [0.29, 0.717) is 5.56 Å². The van der Waals surface area contributed by atoms with Crippen LogP contribution < -0.4 is 4.74 Å². The molecule has 2 aromatic rings. The average molecular weight is 270 g/mol. The molecule has 1 N–H and O–H groups in total. The smallest absolute Gasteiger partial charge is 0.336 e. The molecule has 0 spiro atoms. The molecule has 20 heavy (non-hydrogen) atoms. The molecule has 0 aromatic heterocycles. The van der Waals surface area contributed by atoms with Gasteiger partial charge in [0.1, 0.15) is 12.4 Å². The van der Waals surface area contributed by atoms with Crippen LogP contribution in [0.5, 0.6) is 5.75 Å². The van der Waals surface area contributed by atoms with Gasteiger partial charge in [0.25, 0.3) is 0 Å². The van der Waals surface area contributed by atoms with Crippen LogP contribution in [0.3, 0.4) is 0 Å². The van der Waals surface area contributed by atoms with E-state index in [4.69, 9.17) is 4.74 Å². The van der Waals surface area contributed by atoms with Crippen molar-refractivity contribution in [3.8, 4) is 5.75 Å². The quantitative estimate of drug-likeness (QED) is 0.916. The third-order valence-electron chi connectivity index (χ3n) is 3.34. The number of carboxylic acid groups (broad SMARTS) is 1. The monoisotopic (exact) mass is 270 g/mol. The van der Waals surface area contributed by atoms with Crippen molar-refractivity contribution in [2.75, 3.05) is 0 Å². The SMILES string of the molecule is Cc1ccc(OCc2c(C)cccc2C(=O)O)c(C)c1. The number of rotatable bonds is 4. The standard InChI is InChI=1S/C17H18O3/c1-11-7-8-16(13(3)9-11)20-10-15-12(2)5-4-6-14(15)17(18)19/h4-9H,10H2,1-3H3,(H,18,19). The first-order valence-electron chi connectivity index (χ1n) is 6.51. The zero-order valence-electron chi connectivity index (χ0n) is 11.9. The van der Waals surface area contributed by atoms with Crippen LogP contribution >= 0.6 is 0 Å². The highest BCUT2D eigenvalue weighted by atomic mass is 16.5. The van der Waals surface area contributed by atoms with E-state index in [1.54, 1.807) is 12.1 Å². The van der Waals surface area contributed by atoms with E-state index in [9.17, 15) is 9.90 Å². The lowest BCUT2D eigenvalue weighted by Crippen LogP contribution is -2.08. The van der Waals surface area contributed by atoms with Gasteiger partial charge in [-0.3, -0.25) is 0 Å². The fourth-order valence-corrected chi connectivity index (χ4v) is 2.21. The molecule has 2 aromatic carbocycles. The van der Waals surface area contributed by atoms with Crippen LogP contribution in [-0.4, -0.2) is 11.1 Å². The Kier molecular flexibility index (Phi) is 4.08. The fraction of sp³-hybridized carbons (Fsp3) is 0.235. The minimum atomic E-state index is -0.923. The molecule has 104 valence electrons. The normalized spacial score (nSPS) is 10.3. The van der Waals surface area contributed by atoms with Gasteiger partial charge >= 0.3 is 5.97 Å². The number of benzene rings is 2. The molecule has 0 atom stereocenters. The summed E-state index contributed by atoms with van der Waals surface area (Å²) in [6.45, 7) is 6.17. The molecule has 0 bridgehead atoms. The molecule has 0 saturated carbocycles. The second kappa shape index (κ2) is 5.78. The third-order valence-corrected chi connectivity index (χ3v) is 3.34. The lowest BCUT2D eigenvalue weighted by atomic mass is 10.0. The minimum Gasteiger partial charge on any atom is -0.489 e. The van der Waals surface area contributed by atoms with Crippen molar-refractivity contribution < 1.29 is 14.6 Å². The molecule has 0 aliphatic heterocycles. The fourth-order valence-electron chi connectivity index (χ4n) is 2.21. The van der Waals surface area contributed by atoms with Crippen LogP contribution in [0.2, 0.25) is 0 Å². The van der Waals surface area contributed by atoms with E-state index in [1.807, 2.05) is 45.0 Å². The Morgan fingerprint density at radius 2 is 1.85 bits per heavy atom. The molecule has 0 fully saturated rings. The summed E-state index contributed by atoms with van der Waals surface area (Å²) in [5.74, 6) is -0.136. The molecule has 0 amide bonds. The van der Waals surface area contributed by atoms with Crippen LogP contribution in [0.1, 0.15) is 32.6 Å². The van der Waals surface area contributed by atoms with Crippen LogP contribution in [-0.2, 0) is 6.61 Å². The maximum absolute atomic E-state index is 11.2. The largest absolute Gasteiger partial charge is 0.489 e. The predicted molar refractivity (Wildman–Crippen MR) is 78.4 cm³/mol. The van der Waals surface area contributed by atoms with Crippen LogP contribution in [0.4, 0.5) is 0 Å². The van der Waals surface area contributed by atoms with Crippen LogP contribution in [0.25, 0.3) is 0 Å². The van der Waals surface area contributed by atoms with Gasteiger partial charge in [0, 0.05) is 5.56 Å². The van der Waals surface area contributed by atoms with E-state index in [0.717, 1.165) is 22.4 Å². The highest BCUT2D eigenvalue weighted by Crippen LogP contribution is 2.22. The Hall–Kier alpha value is -2.29. The van der Waals surface area contributed by atoms with Crippen molar-refractivity contribution in [1.29, 1.82) is 0 Å². The first-order valence-corrected chi connectivity index (χ1v) is 6.51. The Bertz CT molecular complexity index is 645. The molecule has 0 aliphatic carbocycles. The molecule has 0 saturated heterocycles. The summed E-state index contributed by atoms with van der Waals surface area (Å²) in [7, 11) is 0. The lowest BCUT2D eigenvalue weighted by Gasteiger charge is -2.13. The molecule has 0 aliphatic rings. The number of hydrogen-bond acceptors (Lipinski definition) is 2. The summed E-state index contributed by atoms with van der Waals surface area (Å²) in [6.07, 6.45) is 0. The highest BCUT2D eigenvalue weighted by Gasteiger charge is 2.12. The van der Waals surface area contributed by atoms with Gasteiger partial charge in [-0.25, -0.2) is 4.79 Å². The van der Waals surface area contributed by atoms with Crippen LogP contribution in [0, 0.1) is 20.8 Å². The van der Waals surface area contributed by atoms with Gasteiger partial charge in [0.2, 0.25) is 0 Å². The molecule has 0 unspecified atom stereocenters. The number of aryl methyl sites for hydroxylation is 3. The zero-order chi connectivity index (χ0) is 14.7. The number of ether oxygens (including phenoxy) is 1. The molecule has 2 rings (SSSR count). The van der Waals surface area contributed by atoms with Crippen molar-refractivity contribution in [3.63, 3.8) is 0 Å². The first-order chi connectivity index (χ1) is 9.49. The molecule has 3 nitrogen and oxygen atoms in total. The van der Waals surface area contributed by atoms with Gasteiger partial charge in [-0.1, -0.05) is 29.8 Å². The summed E-state index contributed by atoms with van der Waals surface area (Å²) >= 11 is 0. The number of hydrogen-bond donors (Lipinski definition) is 1. The lowest BCUT2D eigenvalue weighted by molar-refractivity contribution is 0.0693. The Morgan fingerprint density at radius 3 is 2.50 bits per heavy atom. The van der Waals surface area contributed by atoms with E-state index >= 15 is 0 Å². The summed E-state index contributed by atoms with van der Waals surface area (Å²) < 4.78 is 5.79. The second-order valence-corrected chi connectivity index (χ2v) is 4.96. The van der Waals surface area contributed by atoms with Crippen molar-refractivity contribution in [1.82, 2.24) is 0 Å². The Balaban J connectivity index is 2.25. The maximum Gasteiger partial charge on any atom is 0.336 e. The third kappa shape index (κ3) is 2.99. The average Bonchev–Trinajstić information content (AvgIpc) is 2.38. The molecular formula is C17H18O3. The minimum absolute atomic E-state index is 0.262. The first kappa shape index (κ1) is 14.1. The second-order valence-electron chi connectivity index (χ2n) is 4.96. The predicted octanol–water partition coefficient (Wildman–Crippen LogP) is 3.89. The highest BCUT2D eigenvalue weighted by molar-refractivity contribution is 5.89. The van der Waals surface area contributed by atoms with Gasteiger partial charge in [0.15, 0.2) is 0 Å². The molecular weight excluding hydrogens is 252 g/mol. The Morgan fingerprint density at radius 1 is 1.10 bits per heavy atom. The van der Waals surface area contributed by atoms with Gasteiger partial charge in [-0.15, -0.1) is 0 Å². The molecule has 0 radical (unpaired) electrons. The zero-order valence-corrected chi connectivity index (χ0v) is 11.9. The summed E-state index contributed by atoms with van der Waals surface area (Å²) in [5.41, 5.74) is 4.18. The van der Waals surface area contributed by atoms with Crippen molar-refractivity contribution in [2.24, 2.45) is 0 Å². The number of carbonyl (C=O) groups is 1. The van der Waals surface area contributed by atoms with E-state index < -0.39 is 5.97 Å². The van der Waals surface area contributed by atoms with E-state index in [-0.39, 0.29) is 6.61 Å². The summed E-state index contributed by atoms with van der Waals surface area (Å²) in [5, 5.41) is 9.22. The van der Waals surface area contributed by atoms with Crippen molar-refractivity contribution in [3.05, 3.63) is 64.2 Å². The number of carboxylic acids is 1. The van der Waals surface area contributed by atoms with E-state index in [2.05, 4.69) is 0 Å². The van der Waals surface area contributed by atoms with Crippen molar-refractivity contribution in [2.45, 2.75) is 27.4 Å². The van der Waals surface area contributed by atoms with Gasteiger partial charge in [0.05, 0.1) is 5.56 Å². The summed E-state index contributed by atoms with van der Waals surface area (Å²) in [6, 6.07) is 11.2.